The van der Waals surface area contributed by atoms with Gasteiger partial charge in [-0.1, -0.05) is 24.3 Å². The first-order valence-corrected chi connectivity index (χ1v) is 6.54. The van der Waals surface area contributed by atoms with Crippen molar-refractivity contribution in [1.82, 2.24) is 5.32 Å². The topological polar surface area (TPSA) is 47.6 Å². The summed E-state index contributed by atoms with van der Waals surface area (Å²) in [5.74, 6) is -0.540. The van der Waals surface area contributed by atoms with Gasteiger partial charge >= 0.3 is 5.97 Å². The van der Waals surface area contributed by atoms with Crippen LogP contribution in [0.15, 0.2) is 36.4 Å². The fourth-order valence-electron chi connectivity index (χ4n) is 2.39. The van der Waals surface area contributed by atoms with Gasteiger partial charge in [0.1, 0.15) is 18.3 Å². The van der Waals surface area contributed by atoms with Gasteiger partial charge in [-0.15, -0.1) is 0 Å². The van der Waals surface area contributed by atoms with Crippen LogP contribution in [0, 0.1) is 5.82 Å². The van der Waals surface area contributed by atoms with Crippen LogP contribution in [0.1, 0.15) is 15.9 Å². The number of nitrogens with one attached hydrogen (secondary N) is 1. The van der Waals surface area contributed by atoms with Crippen LogP contribution in [0.25, 0.3) is 11.1 Å². The lowest BCUT2D eigenvalue weighted by Gasteiger charge is -2.21. The summed E-state index contributed by atoms with van der Waals surface area (Å²) in [6.45, 7) is 1.14. The zero-order valence-electron chi connectivity index (χ0n) is 11.5. The lowest BCUT2D eigenvalue weighted by Crippen LogP contribution is -2.25. The highest BCUT2D eigenvalue weighted by atomic mass is 19.1. The van der Waals surface area contributed by atoms with Crippen LogP contribution in [-0.4, -0.2) is 19.8 Å². The van der Waals surface area contributed by atoms with E-state index in [1.807, 2.05) is 18.2 Å². The summed E-state index contributed by atoms with van der Waals surface area (Å²) in [7, 11) is 1.23. The lowest BCUT2D eigenvalue weighted by atomic mass is 9.99. The van der Waals surface area contributed by atoms with Crippen LogP contribution in [0.3, 0.4) is 0 Å². The minimum atomic E-state index is -0.686. The largest absolute Gasteiger partial charge is 0.477 e. The van der Waals surface area contributed by atoms with Gasteiger partial charge in [0.25, 0.3) is 0 Å². The molecule has 1 N–H and O–H groups in total. The minimum absolute atomic E-state index is 0.0753. The van der Waals surface area contributed by atoms with Gasteiger partial charge in [-0.3, -0.25) is 5.32 Å². The molecule has 2 aromatic rings. The zero-order valence-corrected chi connectivity index (χ0v) is 11.5. The zero-order chi connectivity index (χ0) is 14.8. The van der Waals surface area contributed by atoms with Crippen molar-refractivity contribution in [2.45, 2.75) is 6.54 Å². The maximum absolute atomic E-state index is 14.1. The van der Waals surface area contributed by atoms with Crippen molar-refractivity contribution in [3.05, 3.63) is 53.3 Å². The highest BCUT2D eigenvalue weighted by molar-refractivity contribution is 5.90. The van der Waals surface area contributed by atoms with E-state index in [4.69, 9.17) is 4.74 Å². The van der Waals surface area contributed by atoms with Gasteiger partial charge in [-0.05, 0) is 17.7 Å². The molecule has 1 heterocycles. The molecule has 0 amide bonds. The van der Waals surface area contributed by atoms with Crippen LogP contribution in [0.2, 0.25) is 0 Å². The predicted octanol–water partition coefficient (Wildman–Crippen LogP) is 2.72. The van der Waals surface area contributed by atoms with Crippen molar-refractivity contribution in [3.63, 3.8) is 0 Å². The van der Waals surface area contributed by atoms with Gasteiger partial charge in [0.2, 0.25) is 0 Å². The first-order chi connectivity index (χ1) is 10.2. The molecule has 21 heavy (non-hydrogen) atoms. The molecule has 0 spiro atoms. The number of carbonyl (C=O) groups excluding carboxylic acids is 1. The molecule has 0 saturated heterocycles. The first kappa shape index (κ1) is 13.6. The fourth-order valence-corrected chi connectivity index (χ4v) is 2.39. The summed E-state index contributed by atoms with van der Waals surface area (Å²) in [4.78, 5) is 11.4. The molecule has 0 radical (unpaired) electrons. The van der Waals surface area contributed by atoms with E-state index in [0.29, 0.717) is 18.8 Å². The number of fused-ring (bicyclic) bond motifs is 1. The second-order valence-corrected chi connectivity index (χ2v) is 4.70. The van der Waals surface area contributed by atoms with Crippen LogP contribution >= 0.6 is 0 Å². The molecule has 0 saturated carbocycles. The normalized spacial score (nSPS) is 13.2. The number of rotatable bonds is 2. The van der Waals surface area contributed by atoms with E-state index in [-0.39, 0.29) is 5.56 Å². The van der Waals surface area contributed by atoms with Crippen molar-refractivity contribution in [2.75, 3.05) is 13.8 Å². The number of hydrogen-bond acceptors (Lipinski definition) is 4. The molecule has 108 valence electrons. The Morgan fingerprint density at radius 1 is 1.33 bits per heavy atom. The first-order valence-electron chi connectivity index (χ1n) is 6.54. The van der Waals surface area contributed by atoms with Crippen LogP contribution < -0.4 is 10.1 Å². The van der Waals surface area contributed by atoms with E-state index in [0.717, 1.165) is 16.9 Å². The molecule has 1 aliphatic heterocycles. The standard InChI is InChI=1S/C16H14FNO3/c1-20-16(19)13-6-5-10(7-14(13)17)12-4-2-3-11-8-18-9-21-15(11)12/h2-7,18H,8-9H2,1H3. The van der Waals surface area contributed by atoms with Crippen molar-refractivity contribution in [3.8, 4) is 16.9 Å². The van der Waals surface area contributed by atoms with Gasteiger partial charge in [0.05, 0.1) is 12.7 Å². The van der Waals surface area contributed by atoms with E-state index < -0.39 is 11.8 Å². The maximum atomic E-state index is 14.1. The van der Waals surface area contributed by atoms with Gasteiger partial charge in [0.15, 0.2) is 0 Å². The van der Waals surface area contributed by atoms with Crippen LogP contribution in [-0.2, 0) is 11.3 Å². The average Bonchev–Trinajstić information content (AvgIpc) is 2.53. The Bertz CT molecular complexity index is 700. The second-order valence-electron chi connectivity index (χ2n) is 4.70. The van der Waals surface area contributed by atoms with Gasteiger partial charge in [-0.2, -0.15) is 0 Å². The summed E-state index contributed by atoms with van der Waals surface area (Å²) in [6, 6.07) is 10.2. The number of esters is 1. The molecule has 0 unspecified atom stereocenters. The Labute approximate surface area is 121 Å². The molecule has 4 nitrogen and oxygen atoms in total. The number of hydrogen-bond donors (Lipinski definition) is 1. The molecular formula is C16H14FNO3. The Kier molecular flexibility index (Phi) is 3.58. The average molecular weight is 287 g/mol. The summed E-state index contributed by atoms with van der Waals surface area (Å²) < 4.78 is 24.2. The quantitative estimate of drug-likeness (QED) is 0.863. The van der Waals surface area contributed by atoms with Crippen molar-refractivity contribution >= 4 is 5.97 Å². The van der Waals surface area contributed by atoms with Crippen molar-refractivity contribution < 1.29 is 18.7 Å². The van der Waals surface area contributed by atoms with Gasteiger partial charge in [-0.25, -0.2) is 9.18 Å². The van der Waals surface area contributed by atoms with E-state index in [9.17, 15) is 9.18 Å². The summed E-state index contributed by atoms with van der Waals surface area (Å²) in [6.07, 6.45) is 0. The highest BCUT2D eigenvalue weighted by Gasteiger charge is 2.17. The Morgan fingerprint density at radius 2 is 2.19 bits per heavy atom. The number of halogens is 1. The summed E-state index contributed by atoms with van der Waals surface area (Å²) in [5.41, 5.74) is 2.42. The molecule has 3 rings (SSSR count). The smallest absolute Gasteiger partial charge is 0.340 e. The highest BCUT2D eigenvalue weighted by Crippen LogP contribution is 2.35. The predicted molar refractivity (Wildman–Crippen MR) is 75.5 cm³/mol. The molecule has 0 fully saturated rings. The summed E-state index contributed by atoms with van der Waals surface area (Å²) in [5, 5.41) is 3.11. The molecule has 0 aliphatic carbocycles. The van der Waals surface area contributed by atoms with E-state index in [1.165, 1.54) is 19.2 Å². The monoisotopic (exact) mass is 287 g/mol. The molecule has 0 atom stereocenters. The number of benzene rings is 2. The number of para-hydroxylation sites is 1. The number of ether oxygens (including phenoxy) is 2. The second kappa shape index (κ2) is 5.54. The molecule has 2 aromatic carbocycles. The molecular weight excluding hydrogens is 273 g/mol. The summed E-state index contributed by atoms with van der Waals surface area (Å²) >= 11 is 0. The van der Waals surface area contributed by atoms with E-state index in [1.54, 1.807) is 6.07 Å². The van der Waals surface area contributed by atoms with E-state index >= 15 is 0 Å². The van der Waals surface area contributed by atoms with Crippen molar-refractivity contribution in [1.29, 1.82) is 0 Å². The third kappa shape index (κ3) is 2.48. The van der Waals surface area contributed by atoms with Gasteiger partial charge in [0, 0.05) is 17.7 Å². The minimum Gasteiger partial charge on any atom is -0.477 e. The third-order valence-electron chi connectivity index (χ3n) is 3.42. The molecule has 1 aliphatic rings. The van der Waals surface area contributed by atoms with E-state index in [2.05, 4.69) is 10.1 Å². The SMILES string of the molecule is COC(=O)c1ccc(-c2cccc3c2OCNC3)cc1F. The van der Waals surface area contributed by atoms with Crippen molar-refractivity contribution in [2.24, 2.45) is 0 Å². The van der Waals surface area contributed by atoms with Gasteiger partial charge < -0.3 is 9.47 Å². The third-order valence-corrected chi connectivity index (χ3v) is 3.42. The Hall–Kier alpha value is -2.40. The fraction of sp³-hybridized carbons (Fsp3) is 0.188. The number of methoxy groups -OCH3 is 1. The molecule has 0 aromatic heterocycles. The molecule has 0 bridgehead atoms. The lowest BCUT2D eigenvalue weighted by molar-refractivity contribution is 0.0595. The van der Waals surface area contributed by atoms with Crippen LogP contribution in [0.4, 0.5) is 4.39 Å². The Morgan fingerprint density at radius 3 is 2.95 bits per heavy atom. The number of carbonyl (C=O) groups is 1. The van der Waals surface area contributed by atoms with Crippen LogP contribution in [0.5, 0.6) is 5.75 Å². The maximum Gasteiger partial charge on any atom is 0.340 e. The molecule has 5 heteroatoms. The Balaban J connectivity index is 2.06.